The molecule has 0 aromatic carbocycles. The van der Waals surface area contributed by atoms with Gasteiger partial charge in [-0.05, 0) is 18.6 Å². The number of hydrogen-bond donors (Lipinski definition) is 2. The van der Waals surface area contributed by atoms with Crippen LogP contribution >= 0.6 is 0 Å². The van der Waals surface area contributed by atoms with Crippen LogP contribution in [-0.4, -0.2) is 28.6 Å². The van der Waals surface area contributed by atoms with Crippen molar-refractivity contribution in [2.75, 3.05) is 12.3 Å². The highest BCUT2D eigenvalue weighted by atomic mass is 16.5. The molecule has 0 aliphatic rings. The van der Waals surface area contributed by atoms with Gasteiger partial charge in [0.15, 0.2) is 5.69 Å². The van der Waals surface area contributed by atoms with E-state index in [1.807, 2.05) is 0 Å². The van der Waals surface area contributed by atoms with Crippen molar-refractivity contribution in [1.29, 1.82) is 0 Å². The van der Waals surface area contributed by atoms with Gasteiger partial charge in [0.2, 0.25) is 0 Å². The molecular formula is C12H14N2O4. The van der Waals surface area contributed by atoms with Gasteiger partial charge >= 0.3 is 11.9 Å². The lowest BCUT2D eigenvalue weighted by molar-refractivity contribution is -0.142. The highest BCUT2D eigenvalue weighted by Crippen LogP contribution is 2.12. The third kappa shape index (κ3) is 3.89. The van der Waals surface area contributed by atoms with Crippen LogP contribution in [0.5, 0.6) is 0 Å². The monoisotopic (exact) mass is 250 g/mol. The molecule has 18 heavy (non-hydrogen) atoms. The van der Waals surface area contributed by atoms with E-state index in [9.17, 15) is 9.59 Å². The zero-order valence-electron chi connectivity index (χ0n) is 9.92. The summed E-state index contributed by atoms with van der Waals surface area (Å²) in [5, 5.41) is 8.74. The molecule has 0 radical (unpaired) electrons. The van der Waals surface area contributed by atoms with Crippen LogP contribution in [0.25, 0.3) is 6.08 Å². The van der Waals surface area contributed by atoms with Crippen molar-refractivity contribution in [3.05, 3.63) is 29.6 Å². The lowest BCUT2D eigenvalue weighted by Crippen LogP contribution is -2.05. The molecule has 0 bridgehead atoms. The molecule has 0 saturated carbocycles. The fourth-order valence-corrected chi connectivity index (χ4v) is 1.28. The van der Waals surface area contributed by atoms with E-state index in [1.54, 1.807) is 19.1 Å². The average Bonchev–Trinajstić information content (AvgIpc) is 2.29. The number of esters is 1. The Balaban J connectivity index is 2.69. The van der Waals surface area contributed by atoms with Crippen LogP contribution < -0.4 is 5.73 Å². The molecule has 0 atom stereocenters. The smallest absolute Gasteiger partial charge is 0.356 e. The number of anilines is 1. The van der Waals surface area contributed by atoms with Gasteiger partial charge in [-0.1, -0.05) is 12.2 Å². The van der Waals surface area contributed by atoms with Crippen molar-refractivity contribution in [3.63, 3.8) is 0 Å². The van der Waals surface area contributed by atoms with Gasteiger partial charge in [-0.3, -0.25) is 4.79 Å². The molecule has 6 nitrogen and oxygen atoms in total. The summed E-state index contributed by atoms with van der Waals surface area (Å²) in [6, 6.07) is 1.48. The molecule has 6 heteroatoms. The number of carbonyl (C=O) groups excluding carboxylic acids is 1. The van der Waals surface area contributed by atoms with Gasteiger partial charge in [0.05, 0.1) is 18.7 Å². The maximum absolute atomic E-state index is 11.1. The van der Waals surface area contributed by atoms with Gasteiger partial charge in [0.25, 0.3) is 0 Å². The fraction of sp³-hybridized carbons (Fsp3) is 0.250. The molecule has 0 unspecified atom stereocenters. The van der Waals surface area contributed by atoms with Crippen LogP contribution in [0.15, 0.2) is 18.3 Å². The van der Waals surface area contributed by atoms with E-state index in [0.717, 1.165) is 0 Å². The number of nitrogens with two attached hydrogens (primary N) is 1. The topological polar surface area (TPSA) is 103 Å². The van der Waals surface area contributed by atoms with Crippen LogP contribution in [0, 0.1) is 0 Å². The lowest BCUT2D eigenvalue weighted by atomic mass is 10.2. The van der Waals surface area contributed by atoms with Crippen molar-refractivity contribution in [1.82, 2.24) is 4.98 Å². The molecule has 3 N–H and O–H groups in total. The normalized spacial score (nSPS) is 10.5. The Morgan fingerprint density at radius 2 is 2.28 bits per heavy atom. The Bertz CT molecular complexity index is 483. The molecule has 0 amide bonds. The van der Waals surface area contributed by atoms with Gasteiger partial charge in [0, 0.05) is 6.20 Å². The number of rotatable bonds is 5. The number of carboxylic acid groups (broad SMARTS) is 1. The zero-order chi connectivity index (χ0) is 13.5. The van der Waals surface area contributed by atoms with Gasteiger partial charge < -0.3 is 15.6 Å². The number of pyridine rings is 1. The molecule has 1 rings (SSSR count). The van der Waals surface area contributed by atoms with Crippen molar-refractivity contribution < 1.29 is 19.4 Å². The maximum atomic E-state index is 11.1. The fourth-order valence-electron chi connectivity index (χ4n) is 1.28. The Morgan fingerprint density at radius 1 is 1.56 bits per heavy atom. The summed E-state index contributed by atoms with van der Waals surface area (Å²) in [5.74, 6) is -1.49. The number of aromatic nitrogens is 1. The molecule has 0 fully saturated rings. The summed E-state index contributed by atoms with van der Waals surface area (Å²) in [4.78, 5) is 25.5. The first-order valence-corrected chi connectivity index (χ1v) is 5.35. The summed E-state index contributed by atoms with van der Waals surface area (Å²) in [6.07, 6.45) is 4.76. The van der Waals surface area contributed by atoms with E-state index in [1.165, 1.54) is 12.3 Å². The predicted molar refractivity (Wildman–Crippen MR) is 65.9 cm³/mol. The number of carboxylic acids is 1. The number of aromatic carboxylic acids is 1. The summed E-state index contributed by atoms with van der Waals surface area (Å²) in [5.41, 5.74) is 6.06. The minimum Gasteiger partial charge on any atom is -0.476 e. The van der Waals surface area contributed by atoms with Crippen LogP contribution in [0.3, 0.4) is 0 Å². The number of nitrogen functional groups attached to an aromatic ring is 1. The third-order valence-corrected chi connectivity index (χ3v) is 2.04. The second-order valence-corrected chi connectivity index (χ2v) is 3.42. The largest absolute Gasteiger partial charge is 0.476 e. The third-order valence-electron chi connectivity index (χ3n) is 2.04. The first kappa shape index (κ1) is 13.7. The second kappa shape index (κ2) is 6.39. The van der Waals surface area contributed by atoms with E-state index in [2.05, 4.69) is 4.98 Å². The molecule has 0 aliphatic carbocycles. The summed E-state index contributed by atoms with van der Waals surface area (Å²) >= 11 is 0. The Labute approximate surface area is 104 Å². The van der Waals surface area contributed by atoms with Crippen LogP contribution in [0.2, 0.25) is 0 Å². The highest BCUT2D eigenvalue weighted by Gasteiger charge is 2.08. The maximum Gasteiger partial charge on any atom is 0.356 e. The predicted octanol–water partition coefficient (Wildman–Crippen LogP) is 1.33. The Morgan fingerprint density at radius 3 is 2.83 bits per heavy atom. The quantitative estimate of drug-likeness (QED) is 0.764. The molecule has 0 aliphatic heterocycles. The standard InChI is InChI=1S/C12H14N2O4/c1-2-18-10(15)5-3-4-8-6-9(13)11(12(16)17)14-7-8/h3-4,6-7H,2,5,13H2,1H3,(H,16,17). The molecule has 0 saturated heterocycles. The van der Waals surface area contributed by atoms with Crippen molar-refractivity contribution in [3.8, 4) is 0 Å². The van der Waals surface area contributed by atoms with Crippen LogP contribution in [0.4, 0.5) is 5.69 Å². The van der Waals surface area contributed by atoms with Crippen molar-refractivity contribution in [2.45, 2.75) is 13.3 Å². The Hall–Kier alpha value is -2.37. The zero-order valence-corrected chi connectivity index (χ0v) is 9.92. The van der Waals surface area contributed by atoms with Gasteiger partial charge in [-0.15, -0.1) is 0 Å². The minimum atomic E-state index is -1.17. The first-order valence-electron chi connectivity index (χ1n) is 5.35. The van der Waals surface area contributed by atoms with E-state index < -0.39 is 5.97 Å². The molecule has 1 heterocycles. The molecule has 0 spiro atoms. The van der Waals surface area contributed by atoms with Crippen LogP contribution in [-0.2, 0) is 9.53 Å². The van der Waals surface area contributed by atoms with Gasteiger partial charge in [-0.25, -0.2) is 9.78 Å². The van der Waals surface area contributed by atoms with E-state index in [-0.39, 0.29) is 23.8 Å². The Kier molecular flexibility index (Phi) is 4.86. The van der Waals surface area contributed by atoms with E-state index >= 15 is 0 Å². The molecule has 1 aromatic heterocycles. The summed E-state index contributed by atoms with van der Waals surface area (Å²) < 4.78 is 4.75. The van der Waals surface area contributed by atoms with Gasteiger partial charge in [0.1, 0.15) is 0 Å². The second-order valence-electron chi connectivity index (χ2n) is 3.42. The number of hydrogen-bond acceptors (Lipinski definition) is 5. The van der Waals surface area contributed by atoms with E-state index in [4.69, 9.17) is 15.6 Å². The SMILES string of the molecule is CCOC(=O)CC=Cc1cnc(C(=O)O)c(N)c1. The minimum absolute atomic E-state index is 0.0841. The van der Waals surface area contributed by atoms with E-state index in [0.29, 0.717) is 12.2 Å². The average molecular weight is 250 g/mol. The van der Waals surface area contributed by atoms with Gasteiger partial charge in [-0.2, -0.15) is 0 Å². The summed E-state index contributed by atoms with van der Waals surface area (Å²) in [6.45, 7) is 2.07. The molecule has 1 aromatic rings. The number of carbonyl (C=O) groups is 2. The highest BCUT2D eigenvalue weighted by molar-refractivity contribution is 5.91. The lowest BCUT2D eigenvalue weighted by Gasteiger charge is -2.01. The number of nitrogens with zero attached hydrogens (tertiary/aromatic N) is 1. The van der Waals surface area contributed by atoms with Crippen LogP contribution in [0.1, 0.15) is 29.4 Å². The number of ether oxygens (including phenoxy) is 1. The first-order chi connectivity index (χ1) is 8.54. The molecular weight excluding hydrogens is 236 g/mol. The molecule has 96 valence electrons. The summed E-state index contributed by atoms with van der Waals surface area (Å²) in [7, 11) is 0. The van der Waals surface area contributed by atoms with Crippen molar-refractivity contribution >= 4 is 23.7 Å². The van der Waals surface area contributed by atoms with Crippen molar-refractivity contribution in [2.24, 2.45) is 0 Å².